The van der Waals surface area contributed by atoms with Crippen molar-refractivity contribution in [1.82, 2.24) is 15.1 Å². The Kier molecular flexibility index (Phi) is 2.98. The van der Waals surface area contributed by atoms with E-state index in [-0.39, 0.29) is 18.0 Å². The Balaban J connectivity index is 1.91. The summed E-state index contributed by atoms with van der Waals surface area (Å²) in [5.41, 5.74) is 7.34. The number of hydrogen-bond donors (Lipinski definition) is 2. The number of fused-ring (bicyclic) bond motifs is 1. The normalized spacial score (nSPS) is 23.8. The van der Waals surface area contributed by atoms with Gasteiger partial charge in [-0.1, -0.05) is 18.2 Å². The molecule has 1 aromatic carbocycles. The van der Waals surface area contributed by atoms with Gasteiger partial charge in [0.05, 0.1) is 5.52 Å². The highest BCUT2D eigenvalue weighted by Gasteiger charge is 2.29. The summed E-state index contributed by atoms with van der Waals surface area (Å²) >= 11 is 0. The van der Waals surface area contributed by atoms with Crippen molar-refractivity contribution in [2.24, 2.45) is 5.73 Å². The van der Waals surface area contributed by atoms with Gasteiger partial charge in [-0.15, -0.1) is 0 Å². The number of aromatic amines is 1. The predicted molar refractivity (Wildman–Crippen MR) is 73.8 cm³/mol. The quantitative estimate of drug-likeness (QED) is 0.814. The van der Waals surface area contributed by atoms with Crippen LogP contribution < -0.4 is 5.73 Å². The number of benzene rings is 1. The molecule has 3 rings (SSSR count). The molecule has 1 amide bonds. The molecule has 1 aromatic heterocycles. The summed E-state index contributed by atoms with van der Waals surface area (Å²) in [4.78, 5) is 14.5. The number of nitrogens with one attached hydrogen (secondary N) is 1. The van der Waals surface area contributed by atoms with Crippen LogP contribution in [0.3, 0.4) is 0 Å². The summed E-state index contributed by atoms with van der Waals surface area (Å²) in [5.74, 6) is -0.00292. The minimum Gasteiger partial charge on any atom is -0.334 e. The summed E-state index contributed by atoms with van der Waals surface area (Å²) in [6.45, 7) is 2.76. The van der Waals surface area contributed by atoms with Crippen LogP contribution in [0.5, 0.6) is 0 Å². The molecule has 1 aliphatic rings. The first kappa shape index (κ1) is 12.2. The molecule has 1 aliphatic heterocycles. The van der Waals surface area contributed by atoms with E-state index in [0.717, 1.165) is 23.7 Å². The van der Waals surface area contributed by atoms with Crippen LogP contribution in [0.1, 0.15) is 30.3 Å². The number of piperidine rings is 1. The molecule has 0 spiro atoms. The predicted octanol–water partition coefficient (Wildman–Crippen LogP) is 1.51. The third-order valence-electron chi connectivity index (χ3n) is 3.85. The highest BCUT2D eigenvalue weighted by molar-refractivity contribution is 6.04. The topological polar surface area (TPSA) is 75.0 Å². The lowest BCUT2D eigenvalue weighted by molar-refractivity contribution is 0.0615. The Hall–Kier alpha value is -1.88. The Bertz CT molecular complexity index is 606. The second kappa shape index (κ2) is 4.66. The Morgan fingerprint density at radius 1 is 1.47 bits per heavy atom. The van der Waals surface area contributed by atoms with Gasteiger partial charge in [-0.3, -0.25) is 9.89 Å². The van der Waals surface area contributed by atoms with Crippen LogP contribution in [0.4, 0.5) is 0 Å². The smallest absolute Gasteiger partial charge is 0.275 e. The molecule has 100 valence electrons. The first-order chi connectivity index (χ1) is 9.16. The molecule has 2 heterocycles. The summed E-state index contributed by atoms with van der Waals surface area (Å²) in [7, 11) is 0. The van der Waals surface area contributed by atoms with E-state index < -0.39 is 0 Å². The SMILES string of the molecule is CC1CC(N)CCN1C(=O)c1n[nH]c2ccccc12. The fraction of sp³-hybridized carbons (Fsp3) is 0.429. The maximum absolute atomic E-state index is 12.6. The molecule has 1 saturated heterocycles. The summed E-state index contributed by atoms with van der Waals surface area (Å²) in [6, 6.07) is 8.07. The van der Waals surface area contributed by atoms with Crippen LogP contribution >= 0.6 is 0 Å². The molecule has 2 unspecified atom stereocenters. The molecule has 0 radical (unpaired) electrons. The van der Waals surface area contributed by atoms with E-state index in [9.17, 15) is 4.79 Å². The van der Waals surface area contributed by atoms with Crippen LogP contribution in [0.2, 0.25) is 0 Å². The van der Waals surface area contributed by atoms with Crippen LogP contribution in [-0.2, 0) is 0 Å². The van der Waals surface area contributed by atoms with Crippen molar-refractivity contribution in [3.63, 3.8) is 0 Å². The molecule has 0 aliphatic carbocycles. The van der Waals surface area contributed by atoms with Gasteiger partial charge in [0.25, 0.3) is 5.91 Å². The maximum Gasteiger partial charge on any atom is 0.275 e. The van der Waals surface area contributed by atoms with E-state index in [1.165, 1.54) is 0 Å². The zero-order valence-electron chi connectivity index (χ0n) is 11.0. The number of para-hydroxylation sites is 1. The molecule has 5 heteroatoms. The van der Waals surface area contributed by atoms with Crippen molar-refractivity contribution < 1.29 is 4.79 Å². The standard InChI is InChI=1S/C14H18N4O/c1-9-8-10(15)6-7-18(9)14(19)13-11-4-2-3-5-12(11)16-17-13/h2-5,9-10H,6-8,15H2,1H3,(H,16,17). The minimum atomic E-state index is -0.00292. The lowest BCUT2D eigenvalue weighted by Gasteiger charge is -2.36. The van der Waals surface area contributed by atoms with Crippen molar-refractivity contribution in [2.75, 3.05) is 6.54 Å². The van der Waals surface area contributed by atoms with Gasteiger partial charge >= 0.3 is 0 Å². The van der Waals surface area contributed by atoms with Crippen LogP contribution in [0.15, 0.2) is 24.3 Å². The molecule has 0 saturated carbocycles. The van der Waals surface area contributed by atoms with E-state index in [0.29, 0.717) is 12.2 Å². The van der Waals surface area contributed by atoms with Crippen molar-refractivity contribution in [3.05, 3.63) is 30.0 Å². The van der Waals surface area contributed by atoms with E-state index in [1.54, 1.807) is 0 Å². The van der Waals surface area contributed by atoms with Gasteiger partial charge in [-0.05, 0) is 25.8 Å². The number of nitrogens with zero attached hydrogens (tertiary/aromatic N) is 2. The first-order valence-electron chi connectivity index (χ1n) is 6.66. The zero-order valence-corrected chi connectivity index (χ0v) is 11.0. The van der Waals surface area contributed by atoms with Crippen LogP contribution in [-0.4, -0.2) is 39.6 Å². The molecule has 3 N–H and O–H groups in total. The lowest BCUT2D eigenvalue weighted by atomic mass is 9.98. The van der Waals surface area contributed by atoms with E-state index >= 15 is 0 Å². The number of hydrogen-bond acceptors (Lipinski definition) is 3. The number of rotatable bonds is 1. The molecule has 2 atom stereocenters. The fourth-order valence-electron chi connectivity index (χ4n) is 2.77. The molecule has 0 bridgehead atoms. The van der Waals surface area contributed by atoms with Gasteiger partial charge in [0.2, 0.25) is 0 Å². The van der Waals surface area contributed by atoms with Gasteiger partial charge < -0.3 is 10.6 Å². The Morgan fingerprint density at radius 2 is 2.26 bits per heavy atom. The summed E-state index contributed by atoms with van der Waals surface area (Å²) < 4.78 is 0. The number of aromatic nitrogens is 2. The van der Waals surface area contributed by atoms with Gasteiger partial charge in [0.1, 0.15) is 0 Å². The highest BCUT2D eigenvalue weighted by atomic mass is 16.2. The Morgan fingerprint density at radius 3 is 3.05 bits per heavy atom. The number of H-pyrrole nitrogens is 1. The molecular weight excluding hydrogens is 240 g/mol. The molecular formula is C14H18N4O. The van der Waals surface area contributed by atoms with Gasteiger partial charge in [0.15, 0.2) is 5.69 Å². The maximum atomic E-state index is 12.6. The summed E-state index contributed by atoms with van der Waals surface area (Å²) in [5, 5.41) is 7.97. The largest absolute Gasteiger partial charge is 0.334 e. The van der Waals surface area contributed by atoms with E-state index in [2.05, 4.69) is 10.2 Å². The molecule has 1 fully saturated rings. The van der Waals surface area contributed by atoms with Gasteiger partial charge in [0, 0.05) is 24.0 Å². The molecule has 5 nitrogen and oxygen atoms in total. The number of nitrogens with two attached hydrogens (primary N) is 1. The number of likely N-dealkylation sites (tertiary alicyclic amines) is 1. The third kappa shape index (κ3) is 2.10. The monoisotopic (exact) mass is 258 g/mol. The van der Waals surface area contributed by atoms with E-state index in [4.69, 9.17) is 5.73 Å². The number of amides is 1. The lowest BCUT2D eigenvalue weighted by Crippen LogP contribution is -2.48. The zero-order chi connectivity index (χ0) is 13.4. The number of carbonyl (C=O) groups excluding carboxylic acids is 1. The average Bonchev–Trinajstić information content (AvgIpc) is 2.82. The van der Waals surface area contributed by atoms with Gasteiger partial charge in [-0.25, -0.2) is 0 Å². The van der Waals surface area contributed by atoms with Crippen molar-refractivity contribution >= 4 is 16.8 Å². The highest BCUT2D eigenvalue weighted by Crippen LogP contribution is 2.22. The van der Waals surface area contributed by atoms with Crippen LogP contribution in [0, 0.1) is 0 Å². The molecule has 19 heavy (non-hydrogen) atoms. The third-order valence-corrected chi connectivity index (χ3v) is 3.85. The van der Waals surface area contributed by atoms with E-state index in [1.807, 2.05) is 36.1 Å². The molecule has 2 aromatic rings. The fourth-order valence-corrected chi connectivity index (χ4v) is 2.77. The first-order valence-corrected chi connectivity index (χ1v) is 6.66. The van der Waals surface area contributed by atoms with Crippen LogP contribution in [0.25, 0.3) is 10.9 Å². The van der Waals surface area contributed by atoms with Crippen molar-refractivity contribution in [3.8, 4) is 0 Å². The second-order valence-electron chi connectivity index (χ2n) is 5.25. The minimum absolute atomic E-state index is 0.00292. The van der Waals surface area contributed by atoms with Crippen molar-refractivity contribution in [2.45, 2.75) is 31.8 Å². The second-order valence-corrected chi connectivity index (χ2v) is 5.25. The Labute approximate surface area is 111 Å². The summed E-state index contributed by atoms with van der Waals surface area (Å²) in [6.07, 6.45) is 1.71. The van der Waals surface area contributed by atoms with Crippen molar-refractivity contribution in [1.29, 1.82) is 0 Å². The number of carbonyl (C=O) groups is 1. The van der Waals surface area contributed by atoms with Gasteiger partial charge in [-0.2, -0.15) is 5.10 Å². The average molecular weight is 258 g/mol.